The molecule has 1 aromatic carbocycles. The van der Waals surface area contributed by atoms with Gasteiger partial charge in [-0.05, 0) is 64.5 Å². The second-order valence-corrected chi connectivity index (χ2v) is 8.15. The van der Waals surface area contributed by atoms with Crippen molar-refractivity contribution in [1.29, 1.82) is 0 Å². The minimum atomic E-state index is -4.74. The lowest BCUT2D eigenvalue weighted by Crippen LogP contribution is -2.16. The number of amides is 2. The van der Waals surface area contributed by atoms with Crippen molar-refractivity contribution in [3.63, 3.8) is 0 Å². The number of carbonyl (C=O) groups is 2. The Morgan fingerprint density at radius 2 is 1.90 bits per heavy atom. The topological polar surface area (TPSA) is 71.3 Å². The van der Waals surface area contributed by atoms with Crippen LogP contribution in [0.25, 0.3) is 6.08 Å². The Hall–Kier alpha value is -2.85. The largest absolute Gasteiger partial charge is 0.459 e. The number of nitrogens with one attached hydrogen (secondary N) is 2. The summed E-state index contributed by atoms with van der Waals surface area (Å²) < 4.78 is 46.1. The third-order valence-corrected chi connectivity index (χ3v) is 5.17. The van der Waals surface area contributed by atoms with Crippen molar-refractivity contribution in [2.45, 2.75) is 6.18 Å². The van der Waals surface area contributed by atoms with E-state index in [0.717, 1.165) is 26.9 Å². The van der Waals surface area contributed by atoms with Crippen LogP contribution in [0.1, 0.15) is 21.0 Å². The van der Waals surface area contributed by atoms with Gasteiger partial charge >= 0.3 is 6.18 Å². The number of thiophene rings is 1. The van der Waals surface area contributed by atoms with E-state index in [0.29, 0.717) is 0 Å². The van der Waals surface area contributed by atoms with Crippen LogP contribution in [0, 0.1) is 0 Å². The zero-order valence-electron chi connectivity index (χ0n) is 14.4. The van der Waals surface area contributed by atoms with E-state index in [-0.39, 0.29) is 11.4 Å². The minimum Gasteiger partial charge on any atom is -0.459 e. The van der Waals surface area contributed by atoms with Crippen LogP contribution in [0.2, 0.25) is 0 Å². The van der Waals surface area contributed by atoms with Crippen molar-refractivity contribution >= 4 is 56.5 Å². The molecule has 0 saturated carbocycles. The molecular formula is C19H12BrF3N2O3S. The van der Waals surface area contributed by atoms with E-state index in [1.807, 2.05) is 0 Å². The molecule has 2 N–H and O–H groups in total. The smallest absolute Gasteiger partial charge is 0.418 e. The van der Waals surface area contributed by atoms with Crippen molar-refractivity contribution in [1.82, 2.24) is 0 Å². The zero-order valence-corrected chi connectivity index (χ0v) is 16.8. The molecule has 0 bridgehead atoms. The Kier molecular flexibility index (Phi) is 6.23. The van der Waals surface area contributed by atoms with E-state index in [1.54, 1.807) is 12.1 Å². The number of hydrogen-bond donors (Lipinski definition) is 2. The predicted molar refractivity (Wildman–Crippen MR) is 108 cm³/mol. The highest BCUT2D eigenvalue weighted by Gasteiger charge is 2.34. The summed E-state index contributed by atoms with van der Waals surface area (Å²) in [6, 6.07) is 9.50. The van der Waals surface area contributed by atoms with Gasteiger partial charge in [0.1, 0.15) is 0 Å². The molecule has 5 nitrogen and oxygen atoms in total. The maximum Gasteiger partial charge on any atom is 0.418 e. The van der Waals surface area contributed by atoms with Gasteiger partial charge in [0, 0.05) is 16.6 Å². The minimum absolute atomic E-state index is 0.0405. The summed E-state index contributed by atoms with van der Waals surface area (Å²) in [6.07, 6.45) is -0.825. The molecule has 150 valence electrons. The van der Waals surface area contributed by atoms with Gasteiger partial charge in [-0.2, -0.15) is 13.2 Å². The van der Waals surface area contributed by atoms with Crippen LogP contribution in [0.5, 0.6) is 0 Å². The van der Waals surface area contributed by atoms with E-state index in [4.69, 9.17) is 4.42 Å². The summed E-state index contributed by atoms with van der Waals surface area (Å²) in [5.41, 5.74) is -1.60. The molecule has 0 radical (unpaired) electrons. The predicted octanol–water partition coefficient (Wildman–Crippen LogP) is 6.03. The quantitative estimate of drug-likeness (QED) is 0.434. The fourth-order valence-corrected chi connectivity index (χ4v) is 3.64. The number of anilines is 2. The average molecular weight is 485 g/mol. The van der Waals surface area contributed by atoms with Gasteiger partial charge in [-0.1, -0.05) is 0 Å². The van der Waals surface area contributed by atoms with Crippen LogP contribution in [-0.4, -0.2) is 11.8 Å². The van der Waals surface area contributed by atoms with Crippen molar-refractivity contribution < 1.29 is 27.2 Å². The summed E-state index contributed by atoms with van der Waals surface area (Å²) in [5, 5.41) is 4.54. The molecule has 0 aliphatic carbocycles. The first kappa shape index (κ1) is 20.9. The standard InChI is InChI=1S/C19H12BrF3N2O3S/c20-16-7-4-12(29-16)5-8-17(26)25-14-6-3-11(10-13(14)19(21,22)23)24-18(27)15-2-1-9-28-15/h1-10H,(H,24,27)(H,25,26)/b8-5+. The molecule has 0 spiro atoms. The number of furan rings is 1. The molecule has 0 atom stereocenters. The summed E-state index contributed by atoms with van der Waals surface area (Å²) >= 11 is 4.66. The summed E-state index contributed by atoms with van der Waals surface area (Å²) in [4.78, 5) is 24.8. The van der Waals surface area contributed by atoms with Crippen LogP contribution in [-0.2, 0) is 11.0 Å². The average Bonchev–Trinajstić information content (AvgIpc) is 3.32. The molecule has 2 aromatic heterocycles. The molecule has 0 saturated heterocycles. The maximum atomic E-state index is 13.4. The number of alkyl halides is 3. The van der Waals surface area contributed by atoms with Gasteiger partial charge in [0.25, 0.3) is 5.91 Å². The van der Waals surface area contributed by atoms with Gasteiger partial charge in [0.05, 0.1) is 21.3 Å². The molecule has 2 heterocycles. The van der Waals surface area contributed by atoms with Gasteiger partial charge in [-0.25, -0.2) is 0 Å². The second kappa shape index (κ2) is 8.66. The molecule has 0 aliphatic heterocycles. The first-order valence-electron chi connectivity index (χ1n) is 8.03. The molecule has 10 heteroatoms. The van der Waals surface area contributed by atoms with E-state index in [1.165, 1.54) is 41.9 Å². The lowest BCUT2D eigenvalue weighted by molar-refractivity contribution is -0.136. The lowest BCUT2D eigenvalue weighted by Gasteiger charge is -2.15. The summed E-state index contributed by atoms with van der Waals surface area (Å²) in [6.45, 7) is 0. The van der Waals surface area contributed by atoms with Gasteiger partial charge in [0.15, 0.2) is 5.76 Å². The normalized spacial score (nSPS) is 11.6. The van der Waals surface area contributed by atoms with Crippen LogP contribution >= 0.6 is 27.3 Å². The van der Waals surface area contributed by atoms with Crippen molar-refractivity contribution in [2.75, 3.05) is 10.6 Å². The number of halogens is 4. The molecule has 29 heavy (non-hydrogen) atoms. The number of benzene rings is 1. The maximum absolute atomic E-state index is 13.4. The van der Waals surface area contributed by atoms with Crippen LogP contribution in [0.3, 0.4) is 0 Å². The summed E-state index contributed by atoms with van der Waals surface area (Å²) in [5.74, 6) is -1.45. The van der Waals surface area contributed by atoms with Crippen molar-refractivity contribution in [3.8, 4) is 0 Å². The first-order valence-corrected chi connectivity index (χ1v) is 9.64. The monoisotopic (exact) mass is 484 g/mol. The Morgan fingerprint density at radius 1 is 1.10 bits per heavy atom. The highest BCUT2D eigenvalue weighted by molar-refractivity contribution is 9.11. The molecule has 3 aromatic rings. The third-order valence-electron chi connectivity index (χ3n) is 3.58. The second-order valence-electron chi connectivity index (χ2n) is 5.65. The number of hydrogen-bond acceptors (Lipinski definition) is 4. The lowest BCUT2D eigenvalue weighted by atomic mass is 10.1. The Morgan fingerprint density at radius 3 is 2.52 bits per heavy atom. The Labute approximate surface area is 175 Å². The fourth-order valence-electron chi connectivity index (χ4n) is 2.32. The third kappa shape index (κ3) is 5.58. The van der Waals surface area contributed by atoms with E-state index in [9.17, 15) is 22.8 Å². The SMILES string of the molecule is O=C(/C=C/c1ccc(Br)s1)Nc1ccc(NC(=O)c2ccco2)cc1C(F)(F)F. The highest BCUT2D eigenvalue weighted by atomic mass is 79.9. The van der Waals surface area contributed by atoms with Crippen molar-refractivity contribution in [2.24, 2.45) is 0 Å². The van der Waals surface area contributed by atoms with Gasteiger partial charge in [-0.3, -0.25) is 9.59 Å². The molecule has 2 amide bonds. The van der Waals surface area contributed by atoms with Gasteiger partial charge in [0.2, 0.25) is 5.91 Å². The van der Waals surface area contributed by atoms with Gasteiger partial charge < -0.3 is 15.1 Å². The van der Waals surface area contributed by atoms with Crippen molar-refractivity contribution in [3.05, 3.63) is 74.8 Å². The highest BCUT2D eigenvalue weighted by Crippen LogP contribution is 2.36. The number of rotatable bonds is 5. The van der Waals surface area contributed by atoms with Crippen LogP contribution in [0.4, 0.5) is 24.5 Å². The summed E-state index contributed by atoms with van der Waals surface area (Å²) in [7, 11) is 0. The molecule has 0 aliphatic rings. The van der Waals surface area contributed by atoms with E-state index in [2.05, 4.69) is 26.6 Å². The van der Waals surface area contributed by atoms with E-state index >= 15 is 0 Å². The molecule has 0 fully saturated rings. The Bertz CT molecular complexity index is 1060. The van der Waals surface area contributed by atoms with Crippen LogP contribution in [0.15, 0.2) is 63.0 Å². The van der Waals surface area contributed by atoms with Gasteiger partial charge in [-0.15, -0.1) is 11.3 Å². The van der Waals surface area contributed by atoms with E-state index < -0.39 is 29.2 Å². The molecule has 3 rings (SSSR count). The molecule has 0 unspecified atom stereocenters. The number of carbonyl (C=O) groups excluding carboxylic acids is 2. The Balaban J connectivity index is 1.78. The fraction of sp³-hybridized carbons (Fsp3) is 0.0526. The van der Waals surface area contributed by atoms with Crippen LogP contribution < -0.4 is 10.6 Å². The molecular weight excluding hydrogens is 473 g/mol. The zero-order chi connectivity index (χ0) is 21.0. The first-order chi connectivity index (χ1) is 13.7.